The summed E-state index contributed by atoms with van der Waals surface area (Å²) < 4.78 is 0. The minimum Gasteiger partial charge on any atom is -0.321 e. The maximum Gasteiger partial charge on any atom is 0.265 e. The molecule has 124 valence electrons. The van der Waals surface area contributed by atoms with E-state index in [9.17, 15) is 9.59 Å². The predicted octanol–water partition coefficient (Wildman–Crippen LogP) is 4.97. The molecule has 2 aromatic carbocycles. The fraction of sp³-hybridized carbons (Fsp3) is 0.143. The molecule has 1 heterocycles. The van der Waals surface area contributed by atoms with Crippen molar-refractivity contribution in [2.75, 3.05) is 5.32 Å². The van der Waals surface area contributed by atoms with Crippen molar-refractivity contribution in [3.63, 3.8) is 0 Å². The van der Waals surface area contributed by atoms with Crippen LogP contribution in [0.25, 0.3) is 10.4 Å². The van der Waals surface area contributed by atoms with Gasteiger partial charge in [-0.1, -0.05) is 24.3 Å². The predicted molar refractivity (Wildman–Crippen MR) is 102 cm³/mol. The minimum absolute atomic E-state index is 0.0162. The van der Waals surface area contributed by atoms with E-state index in [2.05, 4.69) is 23.5 Å². The second-order valence-corrected chi connectivity index (χ2v) is 7.26. The third-order valence-electron chi connectivity index (χ3n) is 4.51. The highest BCUT2D eigenvalue weighted by Gasteiger charge is 2.21. The molecule has 1 amide bonds. The summed E-state index contributed by atoms with van der Waals surface area (Å²) >= 11 is 1.55. The van der Waals surface area contributed by atoms with Crippen LogP contribution < -0.4 is 5.32 Å². The molecule has 0 aliphatic heterocycles. The zero-order chi connectivity index (χ0) is 17.4. The number of aryl methyl sites for hydroxylation is 2. The van der Waals surface area contributed by atoms with Crippen LogP contribution in [0.1, 0.15) is 38.1 Å². The number of amides is 1. The van der Waals surface area contributed by atoms with Crippen molar-refractivity contribution < 1.29 is 9.59 Å². The Labute approximate surface area is 150 Å². The van der Waals surface area contributed by atoms with E-state index in [1.807, 2.05) is 12.1 Å². The fourth-order valence-corrected chi connectivity index (χ4v) is 4.33. The van der Waals surface area contributed by atoms with Crippen molar-refractivity contribution in [2.24, 2.45) is 0 Å². The quantitative estimate of drug-likeness (QED) is 0.680. The van der Waals surface area contributed by atoms with Crippen molar-refractivity contribution in [3.8, 4) is 10.4 Å². The van der Waals surface area contributed by atoms with Crippen LogP contribution >= 0.6 is 11.3 Å². The van der Waals surface area contributed by atoms with Gasteiger partial charge < -0.3 is 5.32 Å². The molecule has 4 heteroatoms. The molecule has 0 bridgehead atoms. The van der Waals surface area contributed by atoms with Crippen LogP contribution in [0.3, 0.4) is 0 Å². The Kier molecular flexibility index (Phi) is 3.98. The average molecular weight is 347 g/mol. The zero-order valence-corrected chi connectivity index (χ0v) is 14.7. The van der Waals surface area contributed by atoms with E-state index in [4.69, 9.17) is 0 Å². The lowest BCUT2D eigenvalue weighted by Gasteiger charge is -2.15. The molecule has 0 saturated carbocycles. The summed E-state index contributed by atoms with van der Waals surface area (Å²) in [6.07, 6.45) is 2.00. The van der Waals surface area contributed by atoms with Crippen LogP contribution in [0.2, 0.25) is 0 Å². The molecular weight excluding hydrogens is 330 g/mol. The number of Topliss-reactive ketones (excluding diaryl/α,β-unsaturated/α-hetero) is 1. The van der Waals surface area contributed by atoms with E-state index in [0.717, 1.165) is 17.7 Å². The standard InChI is InChI=1S/C21H17NO2S/c1-13(23)14-8-10-17(11-9-14)22-21(24)19-12-16-7-6-15-4-2-3-5-18(15)20(16)25-19/h2-5,8-12H,6-7H2,1H3,(H,22,24). The number of fused-ring (bicyclic) bond motifs is 3. The molecule has 1 aliphatic carbocycles. The van der Waals surface area contributed by atoms with Gasteiger partial charge in [-0.15, -0.1) is 11.3 Å². The summed E-state index contributed by atoms with van der Waals surface area (Å²) in [5.41, 5.74) is 5.19. The first kappa shape index (κ1) is 15.8. The summed E-state index contributed by atoms with van der Waals surface area (Å²) in [5, 5.41) is 2.92. The van der Waals surface area contributed by atoms with Crippen LogP contribution in [-0.4, -0.2) is 11.7 Å². The molecular formula is C21H17NO2S. The largest absolute Gasteiger partial charge is 0.321 e. The van der Waals surface area contributed by atoms with Crippen molar-refractivity contribution in [1.29, 1.82) is 0 Å². The lowest BCUT2D eigenvalue weighted by Crippen LogP contribution is -2.10. The van der Waals surface area contributed by atoms with E-state index in [-0.39, 0.29) is 11.7 Å². The van der Waals surface area contributed by atoms with Gasteiger partial charge in [0, 0.05) is 16.1 Å². The summed E-state index contributed by atoms with van der Waals surface area (Å²) in [4.78, 5) is 25.8. The third-order valence-corrected chi connectivity index (χ3v) is 5.72. The second kappa shape index (κ2) is 6.30. The monoisotopic (exact) mass is 347 g/mol. The number of thiophene rings is 1. The topological polar surface area (TPSA) is 46.2 Å². The maximum atomic E-state index is 12.6. The van der Waals surface area contributed by atoms with Gasteiger partial charge in [0.05, 0.1) is 4.88 Å². The highest BCUT2D eigenvalue weighted by atomic mass is 32.1. The Hall–Kier alpha value is -2.72. The van der Waals surface area contributed by atoms with Gasteiger partial charge in [-0.05, 0) is 66.8 Å². The second-order valence-electron chi connectivity index (χ2n) is 6.21. The fourth-order valence-electron chi connectivity index (χ4n) is 3.16. The minimum atomic E-state index is -0.104. The van der Waals surface area contributed by atoms with Crippen LogP contribution in [0.4, 0.5) is 5.69 Å². The molecule has 0 spiro atoms. The van der Waals surface area contributed by atoms with Crippen molar-refractivity contribution in [3.05, 3.63) is 76.2 Å². The van der Waals surface area contributed by atoms with Gasteiger partial charge in [0.25, 0.3) is 5.91 Å². The number of carbonyl (C=O) groups excluding carboxylic acids is 2. The summed E-state index contributed by atoms with van der Waals surface area (Å²) in [7, 11) is 0. The number of rotatable bonds is 3. The van der Waals surface area contributed by atoms with E-state index >= 15 is 0 Å². The summed E-state index contributed by atoms with van der Waals surface area (Å²) in [6, 6.07) is 17.4. The molecule has 1 aromatic heterocycles. The molecule has 3 aromatic rings. The van der Waals surface area contributed by atoms with Gasteiger partial charge in [0.15, 0.2) is 5.78 Å². The Morgan fingerprint density at radius 3 is 2.44 bits per heavy atom. The summed E-state index contributed by atoms with van der Waals surface area (Å²) in [5.74, 6) is -0.0880. The van der Waals surface area contributed by atoms with Crippen LogP contribution in [-0.2, 0) is 12.8 Å². The van der Waals surface area contributed by atoms with Crippen molar-refractivity contribution >= 4 is 28.7 Å². The van der Waals surface area contributed by atoms with Gasteiger partial charge in [-0.3, -0.25) is 9.59 Å². The number of nitrogens with one attached hydrogen (secondary N) is 1. The van der Waals surface area contributed by atoms with Gasteiger partial charge in [-0.2, -0.15) is 0 Å². The highest BCUT2D eigenvalue weighted by Crippen LogP contribution is 2.39. The first-order valence-electron chi connectivity index (χ1n) is 8.25. The lowest BCUT2D eigenvalue weighted by molar-refractivity contribution is 0.101. The molecule has 0 saturated heterocycles. The number of hydrogen-bond donors (Lipinski definition) is 1. The average Bonchev–Trinajstić information content (AvgIpc) is 3.07. The number of carbonyl (C=O) groups is 2. The Bertz CT molecular complexity index is 970. The summed E-state index contributed by atoms with van der Waals surface area (Å²) in [6.45, 7) is 1.53. The molecule has 0 fully saturated rings. The zero-order valence-electron chi connectivity index (χ0n) is 13.8. The van der Waals surface area contributed by atoms with Crippen molar-refractivity contribution in [1.82, 2.24) is 0 Å². The lowest BCUT2D eigenvalue weighted by atomic mass is 9.91. The molecule has 1 N–H and O–H groups in total. The molecule has 4 rings (SSSR count). The van der Waals surface area contributed by atoms with E-state index in [1.165, 1.54) is 28.5 Å². The number of benzene rings is 2. The molecule has 0 radical (unpaired) electrons. The number of ketones is 1. The van der Waals surface area contributed by atoms with Crippen LogP contribution in [0.5, 0.6) is 0 Å². The molecule has 0 unspecified atom stereocenters. The van der Waals surface area contributed by atoms with Crippen LogP contribution in [0.15, 0.2) is 54.6 Å². The molecule has 1 aliphatic rings. The Morgan fingerprint density at radius 2 is 1.68 bits per heavy atom. The SMILES string of the molecule is CC(=O)c1ccc(NC(=O)c2cc3c(s2)-c2ccccc2CC3)cc1. The van der Waals surface area contributed by atoms with Crippen molar-refractivity contribution in [2.45, 2.75) is 19.8 Å². The van der Waals surface area contributed by atoms with Gasteiger partial charge in [0.1, 0.15) is 0 Å². The Balaban J connectivity index is 1.58. The van der Waals surface area contributed by atoms with Crippen LogP contribution in [0, 0.1) is 0 Å². The first-order chi connectivity index (χ1) is 12.1. The molecule has 25 heavy (non-hydrogen) atoms. The molecule has 0 atom stereocenters. The number of anilines is 1. The first-order valence-corrected chi connectivity index (χ1v) is 9.07. The number of hydrogen-bond acceptors (Lipinski definition) is 3. The van der Waals surface area contributed by atoms with E-state index < -0.39 is 0 Å². The van der Waals surface area contributed by atoms with E-state index in [0.29, 0.717) is 11.3 Å². The molecule has 3 nitrogen and oxygen atoms in total. The normalized spacial score (nSPS) is 12.2. The van der Waals surface area contributed by atoms with Gasteiger partial charge >= 0.3 is 0 Å². The Morgan fingerprint density at radius 1 is 0.960 bits per heavy atom. The third kappa shape index (κ3) is 3.01. The highest BCUT2D eigenvalue weighted by molar-refractivity contribution is 7.17. The smallest absolute Gasteiger partial charge is 0.265 e. The van der Waals surface area contributed by atoms with Gasteiger partial charge in [0.2, 0.25) is 0 Å². The van der Waals surface area contributed by atoms with E-state index in [1.54, 1.807) is 35.6 Å². The van der Waals surface area contributed by atoms with Gasteiger partial charge in [-0.25, -0.2) is 0 Å². The maximum absolute atomic E-state index is 12.6.